The zero-order valence-corrected chi connectivity index (χ0v) is 12.7. The van der Waals surface area contributed by atoms with Gasteiger partial charge in [-0.05, 0) is 24.6 Å². The van der Waals surface area contributed by atoms with E-state index in [-0.39, 0.29) is 10.7 Å². The molecule has 0 fully saturated rings. The number of imidazole rings is 1. The third-order valence-electron chi connectivity index (χ3n) is 3.56. The predicted molar refractivity (Wildman–Crippen MR) is 80.2 cm³/mol. The molecule has 0 aromatic carbocycles. The van der Waals surface area contributed by atoms with Crippen LogP contribution in [0.1, 0.15) is 28.6 Å². The summed E-state index contributed by atoms with van der Waals surface area (Å²) in [5.41, 5.74) is 7.23. The molecule has 1 unspecified atom stereocenters. The van der Waals surface area contributed by atoms with Crippen LogP contribution in [0.25, 0.3) is 5.65 Å². The fourth-order valence-electron chi connectivity index (χ4n) is 2.48. The molecule has 3 aromatic rings. The Kier molecular flexibility index (Phi) is 3.77. The van der Waals surface area contributed by atoms with Crippen molar-refractivity contribution in [2.75, 3.05) is 0 Å². The fourth-order valence-corrected chi connectivity index (χ4v) is 2.73. The number of alkyl halides is 3. The Labute approximate surface area is 134 Å². The van der Waals surface area contributed by atoms with Crippen molar-refractivity contribution in [3.8, 4) is 0 Å². The second-order valence-electron chi connectivity index (χ2n) is 5.11. The molecule has 0 aliphatic carbocycles. The minimum Gasteiger partial charge on any atom is -0.319 e. The number of hydrogen-bond acceptors (Lipinski definition) is 3. The number of pyridine rings is 2. The third kappa shape index (κ3) is 2.77. The molecule has 0 spiro atoms. The van der Waals surface area contributed by atoms with Gasteiger partial charge in [0.1, 0.15) is 0 Å². The Bertz CT molecular complexity index is 859. The van der Waals surface area contributed by atoms with Gasteiger partial charge >= 0.3 is 6.18 Å². The van der Waals surface area contributed by atoms with E-state index in [1.807, 2.05) is 0 Å². The number of hydrogen-bond donors (Lipinski definition) is 1. The minimum atomic E-state index is -4.51. The summed E-state index contributed by atoms with van der Waals surface area (Å²) >= 11 is 5.97. The van der Waals surface area contributed by atoms with Gasteiger partial charge in [0.2, 0.25) is 0 Å². The van der Waals surface area contributed by atoms with Crippen LogP contribution in [0.2, 0.25) is 5.02 Å². The van der Waals surface area contributed by atoms with Crippen LogP contribution < -0.4 is 5.73 Å². The van der Waals surface area contributed by atoms with E-state index in [2.05, 4.69) is 9.97 Å². The summed E-state index contributed by atoms with van der Waals surface area (Å²) in [4.78, 5) is 8.23. The van der Waals surface area contributed by atoms with Crippen LogP contribution in [0, 0.1) is 6.92 Å². The number of halogens is 4. The van der Waals surface area contributed by atoms with Crippen molar-refractivity contribution in [2.45, 2.75) is 19.1 Å². The molecule has 3 aromatic heterocycles. The van der Waals surface area contributed by atoms with Crippen LogP contribution in [0.3, 0.4) is 0 Å². The Balaban J connectivity index is 2.24. The van der Waals surface area contributed by atoms with Crippen molar-refractivity contribution in [1.29, 1.82) is 0 Å². The van der Waals surface area contributed by atoms with Crippen molar-refractivity contribution in [1.82, 2.24) is 14.4 Å². The van der Waals surface area contributed by atoms with Crippen molar-refractivity contribution < 1.29 is 13.2 Å². The lowest BCUT2D eigenvalue weighted by Gasteiger charge is -2.14. The van der Waals surface area contributed by atoms with Crippen LogP contribution >= 0.6 is 11.6 Å². The van der Waals surface area contributed by atoms with Gasteiger partial charge in [0.15, 0.2) is 5.65 Å². The fraction of sp³-hybridized carbons (Fsp3) is 0.200. The molecule has 0 bridgehead atoms. The minimum absolute atomic E-state index is 0.0763. The van der Waals surface area contributed by atoms with Gasteiger partial charge in [-0.2, -0.15) is 13.2 Å². The topological polar surface area (TPSA) is 56.2 Å². The molecule has 2 N–H and O–H groups in total. The lowest BCUT2D eigenvalue weighted by Crippen LogP contribution is -2.16. The first-order valence-electron chi connectivity index (χ1n) is 6.70. The van der Waals surface area contributed by atoms with E-state index in [1.54, 1.807) is 31.5 Å². The summed E-state index contributed by atoms with van der Waals surface area (Å²) in [6, 6.07) is 3.66. The van der Waals surface area contributed by atoms with Gasteiger partial charge in [-0.1, -0.05) is 17.7 Å². The van der Waals surface area contributed by atoms with Gasteiger partial charge in [0, 0.05) is 18.6 Å². The second-order valence-corrected chi connectivity index (χ2v) is 5.52. The molecule has 0 radical (unpaired) electrons. The summed E-state index contributed by atoms with van der Waals surface area (Å²) in [7, 11) is 0. The van der Waals surface area contributed by atoms with E-state index in [9.17, 15) is 13.2 Å². The highest BCUT2D eigenvalue weighted by atomic mass is 35.5. The van der Waals surface area contributed by atoms with Gasteiger partial charge in [-0.25, -0.2) is 4.98 Å². The molecule has 8 heteroatoms. The highest BCUT2D eigenvalue weighted by Crippen LogP contribution is 2.34. The summed E-state index contributed by atoms with van der Waals surface area (Å²) in [6.45, 7) is 1.68. The number of nitrogens with zero attached hydrogens (tertiary/aromatic N) is 3. The normalized spacial score (nSPS) is 13.5. The zero-order valence-electron chi connectivity index (χ0n) is 12.0. The van der Waals surface area contributed by atoms with Gasteiger partial charge in [0.05, 0.1) is 28.0 Å². The SMILES string of the molecule is Cc1nc2c(Cl)cc(C(F)(F)F)cn2c1C(N)c1cccnc1. The van der Waals surface area contributed by atoms with Crippen LogP contribution in [0.5, 0.6) is 0 Å². The molecule has 0 aliphatic rings. The average Bonchev–Trinajstić information content (AvgIpc) is 2.83. The summed E-state index contributed by atoms with van der Waals surface area (Å²) in [5.74, 6) is 0. The molecule has 4 nitrogen and oxygen atoms in total. The Morgan fingerprint density at radius 3 is 2.70 bits per heavy atom. The largest absolute Gasteiger partial charge is 0.417 e. The molecular weight excluding hydrogens is 329 g/mol. The predicted octanol–water partition coefficient (Wildman–Crippen LogP) is 3.76. The molecule has 3 heterocycles. The molecular formula is C15H12ClF3N4. The van der Waals surface area contributed by atoms with Gasteiger partial charge in [-0.15, -0.1) is 0 Å². The lowest BCUT2D eigenvalue weighted by molar-refractivity contribution is -0.137. The van der Waals surface area contributed by atoms with Crippen LogP contribution in [0.4, 0.5) is 13.2 Å². The first-order chi connectivity index (χ1) is 10.8. The molecule has 0 saturated carbocycles. The number of rotatable bonds is 2. The Morgan fingerprint density at radius 1 is 1.35 bits per heavy atom. The number of fused-ring (bicyclic) bond motifs is 1. The maximum absolute atomic E-state index is 13.0. The van der Waals surface area contributed by atoms with Crippen molar-refractivity contribution in [3.63, 3.8) is 0 Å². The van der Waals surface area contributed by atoms with E-state index in [4.69, 9.17) is 17.3 Å². The van der Waals surface area contributed by atoms with E-state index in [1.165, 1.54) is 4.40 Å². The molecule has 0 saturated heterocycles. The standard InChI is InChI=1S/C15H12ClF3N4/c1-8-13(12(20)9-3-2-4-21-6-9)23-7-10(15(17,18)19)5-11(16)14(23)22-8/h2-7,12H,20H2,1H3. The number of aryl methyl sites for hydroxylation is 1. The maximum Gasteiger partial charge on any atom is 0.417 e. The average molecular weight is 341 g/mol. The van der Waals surface area contributed by atoms with Gasteiger partial charge in [0.25, 0.3) is 0 Å². The van der Waals surface area contributed by atoms with Crippen molar-refractivity contribution in [2.24, 2.45) is 5.73 Å². The van der Waals surface area contributed by atoms with Crippen molar-refractivity contribution >= 4 is 17.2 Å². The second kappa shape index (κ2) is 5.50. The first-order valence-corrected chi connectivity index (χ1v) is 7.07. The number of aromatic nitrogens is 3. The first kappa shape index (κ1) is 15.8. The Morgan fingerprint density at radius 2 is 2.09 bits per heavy atom. The Hall–Kier alpha value is -2.12. The summed E-state index contributed by atoms with van der Waals surface area (Å²) in [5, 5.41) is -0.0763. The molecule has 1 atom stereocenters. The third-order valence-corrected chi connectivity index (χ3v) is 3.84. The monoisotopic (exact) mass is 340 g/mol. The summed E-state index contributed by atoms with van der Waals surface area (Å²) in [6.07, 6.45) is -0.382. The summed E-state index contributed by atoms with van der Waals surface area (Å²) < 4.78 is 40.4. The van der Waals surface area contributed by atoms with Gasteiger partial charge in [-0.3, -0.25) is 9.38 Å². The molecule has 0 aliphatic heterocycles. The van der Waals surface area contributed by atoms with Crippen LogP contribution in [-0.4, -0.2) is 14.4 Å². The van der Waals surface area contributed by atoms with Crippen LogP contribution in [-0.2, 0) is 6.18 Å². The molecule has 120 valence electrons. The smallest absolute Gasteiger partial charge is 0.319 e. The highest BCUT2D eigenvalue weighted by molar-refractivity contribution is 6.33. The van der Waals surface area contributed by atoms with Crippen LogP contribution in [0.15, 0.2) is 36.8 Å². The highest BCUT2D eigenvalue weighted by Gasteiger charge is 2.32. The van der Waals surface area contributed by atoms with Crippen molar-refractivity contribution in [3.05, 3.63) is 64.3 Å². The van der Waals surface area contributed by atoms with E-state index in [0.29, 0.717) is 17.0 Å². The van der Waals surface area contributed by atoms with E-state index < -0.39 is 17.8 Å². The molecule has 0 amide bonds. The quantitative estimate of drug-likeness (QED) is 0.772. The zero-order chi connectivity index (χ0) is 16.8. The molecule has 3 rings (SSSR count). The number of nitrogens with two attached hydrogens (primary N) is 1. The van der Waals surface area contributed by atoms with E-state index in [0.717, 1.165) is 12.3 Å². The lowest BCUT2D eigenvalue weighted by atomic mass is 10.1. The van der Waals surface area contributed by atoms with Gasteiger partial charge < -0.3 is 5.73 Å². The molecule has 23 heavy (non-hydrogen) atoms. The maximum atomic E-state index is 13.0. The van der Waals surface area contributed by atoms with E-state index >= 15 is 0 Å².